The van der Waals surface area contributed by atoms with E-state index in [1.165, 1.54) is 4.31 Å². The van der Waals surface area contributed by atoms with Gasteiger partial charge in [0, 0.05) is 19.6 Å². The summed E-state index contributed by atoms with van der Waals surface area (Å²) in [6.45, 7) is 2.66. The van der Waals surface area contributed by atoms with Gasteiger partial charge >= 0.3 is 0 Å². The number of rotatable bonds is 8. The molecule has 5 nitrogen and oxygen atoms in total. The Bertz CT molecular complexity index is 488. The largest absolute Gasteiger partial charge is 0.395 e. The van der Waals surface area contributed by atoms with E-state index in [4.69, 9.17) is 10.8 Å². The minimum Gasteiger partial charge on any atom is -0.395 e. The second-order valence-electron chi connectivity index (χ2n) is 4.33. The molecule has 0 spiro atoms. The van der Waals surface area contributed by atoms with Gasteiger partial charge in [0.05, 0.1) is 11.5 Å². The zero-order valence-corrected chi connectivity index (χ0v) is 12.1. The van der Waals surface area contributed by atoms with Gasteiger partial charge in [-0.15, -0.1) is 0 Å². The van der Waals surface area contributed by atoms with Gasteiger partial charge in [0.2, 0.25) is 10.0 Å². The molecule has 108 valence electrons. The van der Waals surface area contributed by atoms with Gasteiger partial charge in [0.25, 0.3) is 0 Å². The van der Waals surface area contributed by atoms with Crippen LogP contribution in [0.1, 0.15) is 25.3 Å². The summed E-state index contributed by atoms with van der Waals surface area (Å²) in [6.07, 6.45) is 1.68. The van der Waals surface area contributed by atoms with E-state index in [1.807, 2.05) is 6.92 Å². The van der Waals surface area contributed by atoms with Crippen LogP contribution >= 0.6 is 0 Å². The molecule has 19 heavy (non-hydrogen) atoms. The molecule has 0 fully saturated rings. The first-order valence-electron chi connectivity index (χ1n) is 6.46. The average Bonchev–Trinajstić information content (AvgIpc) is 2.43. The summed E-state index contributed by atoms with van der Waals surface area (Å²) in [5, 5.41) is 9.02. The van der Waals surface area contributed by atoms with Crippen molar-refractivity contribution in [3.63, 3.8) is 0 Å². The molecule has 0 bridgehead atoms. The molecule has 0 aliphatic carbocycles. The lowest BCUT2D eigenvalue weighted by atomic mass is 10.2. The van der Waals surface area contributed by atoms with Crippen LogP contribution in [0.15, 0.2) is 29.2 Å². The lowest BCUT2D eigenvalue weighted by molar-refractivity contribution is 0.252. The van der Waals surface area contributed by atoms with Gasteiger partial charge < -0.3 is 10.8 Å². The third-order valence-electron chi connectivity index (χ3n) is 2.88. The van der Waals surface area contributed by atoms with Crippen LogP contribution in [0.25, 0.3) is 0 Å². The third-order valence-corrected chi connectivity index (χ3v) is 4.78. The van der Waals surface area contributed by atoms with Crippen LogP contribution in [0.5, 0.6) is 0 Å². The number of sulfonamides is 1. The number of aliphatic hydroxyl groups excluding tert-OH is 1. The van der Waals surface area contributed by atoms with Gasteiger partial charge in [0.1, 0.15) is 0 Å². The van der Waals surface area contributed by atoms with Crippen molar-refractivity contribution < 1.29 is 13.5 Å². The van der Waals surface area contributed by atoms with Gasteiger partial charge in [-0.25, -0.2) is 8.42 Å². The highest BCUT2D eigenvalue weighted by Crippen LogP contribution is 2.17. The fraction of sp³-hybridized carbons (Fsp3) is 0.538. The highest BCUT2D eigenvalue weighted by molar-refractivity contribution is 7.89. The molecule has 0 radical (unpaired) electrons. The molecule has 0 aliphatic rings. The highest BCUT2D eigenvalue weighted by Gasteiger charge is 2.23. The van der Waals surface area contributed by atoms with Crippen LogP contribution in [0.4, 0.5) is 0 Å². The smallest absolute Gasteiger partial charge is 0.243 e. The lowest BCUT2D eigenvalue weighted by Crippen LogP contribution is -2.34. The normalized spacial score (nSPS) is 12.0. The van der Waals surface area contributed by atoms with E-state index >= 15 is 0 Å². The Morgan fingerprint density at radius 2 is 2.05 bits per heavy atom. The van der Waals surface area contributed by atoms with E-state index in [0.29, 0.717) is 13.1 Å². The molecule has 0 heterocycles. The Labute approximate surface area is 115 Å². The molecular weight excluding hydrogens is 264 g/mol. The number of benzene rings is 1. The summed E-state index contributed by atoms with van der Waals surface area (Å²) < 4.78 is 26.3. The van der Waals surface area contributed by atoms with Crippen LogP contribution in [-0.2, 0) is 16.6 Å². The first-order chi connectivity index (χ1) is 9.06. The molecule has 0 aromatic heterocycles. The number of hydrogen-bond donors (Lipinski definition) is 2. The van der Waals surface area contributed by atoms with E-state index < -0.39 is 10.0 Å². The summed E-state index contributed by atoms with van der Waals surface area (Å²) in [6, 6.07) is 6.63. The minimum absolute atomic E-state index is 0.120. The van der Waals surface area contributed by atoms with Crippen molar-refractivity contribution in [2.75, 3.05) is 19.7 Å². The fourth-order valence-electron chi connectivity index (χ4n) is 1.78. The van der Waals surface area contributed by atoms with Crippen molar-refractivity contribution in [1.29, 1.82) is 0 Å². The first-order valence-corrected chi connectivity index (χ1v) is 7.90. The molecule has 1 aromatic carbocycles. The standard InChI is InChI=1S/C13H22N2O3S/c1-2-3-7-15(8-9-16)19(17,18)13-6-4-5-12(10-13)11-14/h4-6,10,16H,2-3,7-9,11,14H2,1H3. The van der Waals surface area contributed by atoms with Crippen molar-refractivity contribution in [2.24, 2.45) is 5.73 Å². The minimum atomic E-state index is -3.55. The summed E-state index contributed by atoms with van der Waals surface area (Å²) in [5.74, 6) is 0. The average molecular weight is 286 g/mol. The molecule has 1 aromatic rings. The predicted molar refractivity (Wildman–Crippen MR) is 75.1 cm³/mol. The zero-order valence-electron chi connectivity index (χ0n) is 11.2. The Kier molecular flexibility index (Phi) is 6.44. The topological polar surface area (TPSA) is 83.6 Å². The van der Waals surface area contributed by atoms with Crippen molar-refractivity contribution in [3.8, 4) is 0 Å². The number of hydrogen-bond acceptors (Lipinski definition) is 4. The lowest BCUT2D eigenvalue weighted by Gasteiger charge is -2.21. The van der Waals surface area contributed by atoms with E-state index in [-0.39, 0.29) is 18.0 Å². The SMILES string of the molecule is CCCCN(CCO)S(=O)(=O)c1cccc(CN)c1. The predicted octanol–water partition coefficient (Wildman–Crippen LogP) is 0.928. The maximum atomic E-state index is 12.5. The molecule has 0 saturated carbocycles. The van der Waals surface area contributed by atoms with Gasteiger partial charge in [0.15, 0.2) is 0 Å². The second-order valence-corrected chi connectivity index (χ2v) is 6.27. The van der Waals surface area contributed by atoms with Crippen LogP contribution in [0, 0.1) is 0 Å². The maximum absolute atomic E-state index is 12.5. The zero-order chi connectivity index (χ0) is 14.3. The van der Waals surface area contributed by atoms with Gasteiger partial charge in [-0.3, -0.25) is 0 Å². The van der Waals surface area contributed by atoms with Crippen LogP contribution in [-0.4, -0.2) is 37.5 Å². The molecule has 0 unspecified atom stereocenters. The van der Waals surface area contributed by atoms with Gasteiger partial charge in [-0.2, -0.15) is 4.31 Å². The summed E-state index contributed by atoms with van der Waals surface area (Å²) in [5.41, 5.74) is 6.31. The van der Waals surface area contributed by atoms with E-state index in [2.05, 4.69) is 0 Å². The van der Waals surface area contributed by atoms with Crippen molar-refractivity contribution in [1.82, 2.24) is 4.31 Å². The molecule has 0 amide bonds. The number of nitrogens with zero attached hydrogens (tertiary/aromatic N) is 1. The maximum Gasteiger partial charge on any atom is 0.243 e. The van der Waals surface area contributed by atoms with E-state index in [1.54, 1.807) is 24.3 Å². The molecule has 6 heteroatoms. The fourth-order valence-corrected chi connectivity index (χ4v) is 3.32. The van der Waals surface area contributed by atoms with Crippen molar-refractivity contribution >= 4 is 10.0 Å². The molecule has 0 saturated heterocycles. The summed E-state index contributed by atoms with van der Waals surface area (Å²) in [4.78, 5) is 0.236. The van der Waals surface area contributed by atoms with Crippen molar-refractivity contribution in [2.45, 2.75) is 31.2 Å². The highest BCUT2D eigenvalue weighted by atomic mass is 32.2. The number of aliphatic hydroxyl groups is 1. The van der Waals surface area contributed by atoms with Gasteiger partial charge in [-0.1, -0.05) is 25.5 Å². The Balaban J connectivity index is 3.03. The molecule has 0 atom stereocenters. The van der Waals surface area contributed by atoms with Crippen molar-refractivity contribution in [3.05, 3.63) is 29.8 Å². The third kappa shape index (κ3) is 4.28. The molecule has 0 aliphatic heterocycles. The molecule has 1 rings (SSSR count). The first kappa shape index (κ1) is 16.1. The molecule has 3 N–H and O–H groups in total. The van der Waals surface area contributed by atoms with Crippen LogP contribution in [0.3, 0.4) is 0 Å². The summed E-state index contributed by atoms with van der Waals surface area (Å²) in [7, 11) is -3.55. The van der Waals surface area contributed by atoms with E-state index in [9.17, 15) is 8.42 Å². The van der Waals surface area contributed by atoms with Gasteiger partial charge in [-0.05, 0) is 24.1 Å². The quantitative estimate of drug-likeness (QED) is 0.744. The Morgan fingerprint density at radius 1 is 1.32 bits per heavy atom. The Morgan fingerprint density at radius 3 is 2.63 bits per heavy atom. The summed E-state index contributed by atoms with van der Waals surface area (Å²) >= 11 is 0. The van der Waals surface area contributed by atoms with Crippen LogP contribution in [0.2, 0.25) is 0 Å². The van der Waals surface area contributed by atoms with E-state index in [0.717, 1.165) is 18.4 Å². The number of nitrogens with two attached hydrogens (primary N) is 1. The van der Waals surface area contributed by atoms with Crippen LogP contribution < -0.4 is 5.73 Å². The molecular formula is C13H22N2O3S. The monoisotopic (exact) mass is 286 g/mol. The number of unbranched alkanes of at least 4 members (excludes halogenated alkanes) is 1. The second kappa shape index (κ2) is 7.59. The Hall–Kier alpha value is -0.950.